The number of oxime groups is 1. The summed E-state index contributed by atoms with van der Waals surface area (Å²) in [5.41, 5.74) is 7.25. The number of benzene rings is 1. The third kappa shape index (κ3) is 5.18. The Labute approximate surface area is 187 Å². The average molecular weight is 443 g/mol. The molecule has 0 saturated carbocycles. The molecule has 0 unspecified atom stereocenters. The maximum atomic E-state index is 12.1. The highest BCUT2D eigenvalue weighted by atomic mass is 16.6. The highest BCUT2D eigenvalue weighted by Gasteiger charge is 2.41. The topological polar surface area (TPSA) is 128 Å². The quantitative estimate of drug-likeness (QED) is 0.404. The average Bonchev–Trinajstić information content (AvgIpc) is 3.37. The SMILES string of the molecule is CCC/C(Cc1nnc([C@@H]2CC[C@@H]3CN2C(=O)N3)o1)=N\OCc1ccccc1OCCN. The Hall–Kier alpha value is -3.14. The Morgan fingerprint density at radius 2 is 2.22 bits per heavy atom. The normalized spacial score (nSPS) is 20.4. The van der Waals surface area contributed by atoms with Gasteiger partial charge in [-0.1, -0.05) is 36.7 Å². The minimum atomic E-state index is -0.164. The molecule has 10 nitrogen and oxygen atoms in total. The van der Waals surface area contributed by atoms with Gasteiger partial charge in [0, 0.05) is 24.7 Å². The summed E-state index contributed by atoms with van der Waals surface area (Å²) < 4.78 is 11.6. The van der Waals surface area contributed by atoms with Gasteiger partial charge in [0.15, 0.2) is 0 Å². The number of urea groups is 1. The van der Waals surface area contributed by atoms with Gasteiger partial charge in [0.1, 0.15) is 25.0 Å². The van der Waals surface area contributed by atoms with Gasteiger partial charge >= 0.3 is 6.03 Å². The van der Waals surface area contributed by atoms with E-state index in [0.717, 1.165) is 42.7 Å². The summed E-state index contributed by atoms with van der Waals surface area (Å²) in [6.45, 7) is 3.95. The first-order chi connectivity index (χ1) is 15.7. The molecule has 0 aliphatic carbocycles. The van der Waals surface area contributed by atoms with E-state index in [9.17, 15) is 4.79 Å². The molecule has 2 aliphatic heterocycles. The largest absolute Gasteiger partial charge is 0.492 e. The van der Waals surface area contributed by atoms with Crippen molar-refractivity contribution in [1.29, 1.82) is 0 Å². The van der Waals surface area contributed by atoms with Gasteiger partial charge < -0.3 is 29.9 Å². The molecular formula is C22H30N6O4. The maximum Gasteiger partial charge on any atom is 0.318 e. The van der Waals surface area contributed by atoms with E-state index < -0.39 is 0 Å². The van der Waals surface area contributed by atoms with Crippen molar-refractivity contribution in [3.63, 3.8) is 0 Å². The van der Waals surface area contributed by atoms with Crippen LogP contribution in [0.5, 0.6) is 5.75 Å². The molecule has 2 aliphatic rings. The molecule has 2 aromatic rings. The van der Waals surface area contributed by atoms with Crippen LogP contribution in [-0.4, -0.2) is 52.6 Å². The first-order valence-electron chi connectivity index (χ1n) is 11.2. The van der Waals surface area contributed by atoms with E-state index in [4.69, 9.17) is 19.7 Å². The van der Waals surface area contributed by atoms with Crippen molar-refractivity contribution in [2.45, 2.75) is 57.7 Å². The summed E-state index contributed by atoms with van der Waals surface area (Å²) in [4.78, 5) is 19.5. The number of hydrogen-bond acceptors (Lipinski definition) is 8. The number of piperidine rings is 1. The van der Waals surface area contributed by atoms with Gasteiger partial charge in [0.2, 0.25) is 11.8 Å². The Bertz CT molecular complexity index is 946. The third-order valence-corrected chi connectivity index (χ3v) is 5.59. The van der Waals surface area contributed by atoms with Crippen LogP contribution in [0.4, 0.5) is 4.79 Å². The first-order valence-corrected chi connectivity index (χ1v) is 11.2. The summed E-state index contributed by atoms with van der Waals surface area (Å²) in [5, 5.41) is 15.7. The van der Waals surface area contributed by atoms with E-state index in [2.05, 4.69) is 27.6 Å². The number of hydrogen-bond donors (Lipinski definition) is 2. The number of carbonyl (C=O) groups is 1. The van der Waals surface area contributed by atoms with Crippen LogP contribution in [0.25, 0.3) is 0 Å². The predicted octanol–water partition coefficient (Wildman–Crippen LogP) is 2.55. The van der Waals surface area contributed by atoms with Crippen LogP contribution in [0, 0.1) is 0 Å². The summed E-state index contributed by atoms with van der Waals surface area (Å²) in [6.07, 6.45) is 3.81. The Kier molecular flexibility index (Phi) is 7.21. The minimum absolute atomic E-state index is 0.0605. The zero-order chi connectivity index (χ0) is 22.3. The maximum absolute atomic E-state index is 12.1. The molecule has 1 aromatic heterocycles. The number of nitrogens with one attached hydrogen (secondary N) is 1. The van der Waals surface area contributed by atoms with E-state index in [0.29, 0.717) is 37.9 Å². The predicted molar refractivity (Wildman–Crippen MR) is 117 cm³/mol. The molecule has 3 N–H and O–H groups in total. The second-order valence-corrected chi connectivity index (χ2v) is 8.03. The van der Waals surface area contributed by atoms with Gasteiger partial charge in [-0.05, 0) is 25.3 Å². The minimum Gasteiger partial charge on any atom is -0.492 e. The van der Waals surface area contributed by atoms with E-state index in [-0.39, 0.29) is 24.7 Å². The van der Waals surface area contributed by atoms with Crippen molar-refractivity contribution in [3.8, 4) is 5.75 Å². The second-order valence-electron chi connectivity index (χ2n) is 8.03. The lowest BCUT2D eigenvalue weighted by atomic mass is 10.0. The van der Waals surface area contributed by atoms with Crippen LogP contribution in [-0.2, 0) is 17.9 Å². The smallest absolute Gasteiger partial charge is 0.318 e. The fraction of sp³-hybridized carbons (Fsp3) is 0.545. The van der Waals surface area contributed by atoms with E-state index in [1.54, 1.807) is 4.90 Å². The van der Waals surface area contributed by atoms with Crippen LogP contribution in [0.1, 0.15) is 56.0 Å². The number of nitrogens with two attached hydrogens (primary N) is 1. The van der Waals surface area contributed by atoms with Crippen LogP contribution in [0.15, 0.2) is 33.8 Å². The van der Waals surface area contributed by atoms with Gasteiger partial charge in [-0.3, -0.25) is 0 Å². The number of ether oxygens (including phenoxy) is 1. The van der Waals surface area contributed by atoms with Crippen LogP contribution in [0.3, 0.4) is 0 Å². The molecule has 10 heteroatoms. The molecular weight excluding hydrogens is 412 g/mol. The standard InChI is InChI=1S/C22H30N6O4/c1-2-5-16(27-31-14-15-6-3-4-7-19(15)30-11-10-23)12-20-25-26-21(32-20)18-9-8-17-13-28(18)22(29)24-17/h3-4,6-7,17-18H,2,5,8-14,23H2,1H3,(H,24,29)/b27-16+/t17-,18+/m1/s1. The summed E-state index contributed by atoms with van der Waals surface area (Å²) in [6, 6.07) is 7.67. The molecule has 1 aromatic carbocycles. The Morgan fingerprint density at radius 3 is 3.06 bits per heavy atom. The lowest BCUT2D eigenvalue weighted by molar-refractivity contribution is 0.126. The van der Waals surface area contributed by atoms with E-state index >= 15 is 0 Å². The monoisotopic (exact) mass is 442 g/mol. The molecule has 0 spiro atoms. The molecule has 4 rings (SSSR count). The number of fused-ring (bicyclic) bond motifs is 2. The van der Waals surface area contributed by atoms with Crippen molar-refractivity contribution in [2.24, 2.45) is 10.9 Å². The second kappa shape index (κ2) is 10.4. The fourth-order valence-corrected chi connectivity index (χ4v) is 4.06. The fourth-order valence-electron chi connectivity index (χ4n) is 4.06. The van der Waals surface area contributed by atoms with Crippen molar-refractivity contribution in [1.82, 2.24) is 20.4 Å². The number of aromatic nitrogens is 2. The van der Waals surface area contributed by atoms with Crippen molar-refractivity contribution in [2.75, 3.05) is 19.7 Å². The van der Waals surface area contributed by atoms with Gasteiger partial charge in [0.25, 0.3) is 0 Å². The molecule has 172 valence electrons. The number of amides is 2. The van der Waals surface area contributed by atoms with Gasteiger partial charge in [-0.15, -0.1) is 10.2 Å². The summed E-state index contributed by atoms with van der Waals surface area (Å²) in [5.74, 6) is 1.70. The van der Waals surface area contributed by atoms with E-state index in [1.807, 2.05) is 24.3 Å². The molecule has 3 heterocycles. The number of rotatable bonds is 11. The summed E-state index contributed by atoms with van der Waals surface area (Å²) in [7, 11) is 0. The number of carbonyl (C=O) groups excluding carboxylic acids is 1. The van der Waals surface area contributed by atoms with Gasteiger partial charge in [-0.2, -0.15) is 0 Å². The number of nitrogens with zero attached hydrogens (tertiary/aromatic N) is 4. The van der Waals surface area contributed by atoms with Crippen LogP contribution < -0.4 is 15.8 Å². The Morgan fingerprint density at radius 1 is 1.34 bits per heavy atom. The first kappa shape index (κ1) is 22.1. The lowest BCUT2D eigenvalue weighted by Crippen LogP contribution is -2.34. The Balaban J connectivity index is 1.38. The zero-order valence-electron chi connectivity index (χ0n) is 18.3. The van der Waals surface area contributed by atoms with E-state index in [1.165, 1.54) is 0 Å². The third-order valence-electron chi connectivity index (χ3n) is 5.59. The molecule has 2 fully saturated rings. The molecule has 0 radical (unpaired) electrons. The van der Waals surface area contributed by atoms with Crippen molar-refractivity contribution in [3.05, 3.63) is 41.6 Å². The highest BCUT2D eigenvalue weighted by Crippen LogP contribution is 2.33. The number of para-hydroxylation sites is 1. The summed E-state index contributed by atoms with van der Waals surface area (Å²) >= 11 is 0. The molecule has 2 bridgehead atoms. The molecule has 2 atom stereocenters. The van der Waals surface area contributed by atoms with Crippen LogP contribution >= 0.6 is 0 Å². The molecule has 32 heavy (non-hydrogen) atoms. The molecule has 2 amide bonds. The van der Waals surface area contributed by atoms with Crippen molar-refractivity contribution >= 4 is 11.7 Å². The zero-order valence-corrected chi connectivity index (χ0v) is 18.3. The highest BCUT2D eigenvalue weighted by molar-refractivity contribution is 5.85. The molecule has 2 saturated heterocycles. The lowest BCUT2D eigenvalue weighted by Gasteiger charge is -2.27. The van der Waals surface area contributed by atoms with Gasteiger partial charge in [-0.25, -0.2) is 4.79 Å². The van der Waals surface area contributed by atoms with Crippen molar-refractivity contribution < 1.29 is 18.8 Å². The van der Waals surface area contributed by atoms with Crippen LogP contribution in [0.2, 0.25) is 0 Å². The van der Waals surface area contributed by atoms with Gasteiger partial charge in [0.05, 0.1) is 12.1 Å².